The largest absolute Gasteiger partial charge is 0.477 e. The molecule has 4 aromatic rings. The van der Waals surface area contributed by atoms with Crippen LogP contribution in [0.3, 0.4) is 0 Å². The maximum absolute atomic E-state index is 11.3. The molecule has 0 spiro atoms. The number of rotatable bonds is 4. The van der Waals surface area contributed by atoms with Crippen molar-refractivity contribution in [3.8, 4) is 28.3 Å². The third-order valence-corrected chi connectivity index (χ3v) is 5.20. The first-order valence-electron chi connectivity index (χ1n) is 8.06. The maximum Gasteiger partial charge on any atom is 0.347 e. The van der Waals surface area contributed by atoms with E-state index in [1.54, 1.807) is 13.0 Å². The highest BCUT2D eigenvalue weighted by Gasteiger charge is 2.17. The van der Waals surface area contributed by atoms with E-state index in [0.717, 1.165) is 16.7 Å². The van der Waals surface area contributed by atoms with Crippen LogP contribution in [0.1, 0.15) is 20.9 Å². The van der Waals surface area contributed by atoms with E-state index in [-0.39, 0.29) is 4.88 Å². The van der Waals surface area contributed by atoms with Crippen molar-refractivity contribution in [3.05, 3.63) is 64.7 Å². The number of nitrogens with one attached hydrogen (secondary N) is 1. The number of aryl methyl sites for hydroxylation is 1. The summed E-state index contributed by atoms with van der Waals surface area (Å²) in [6.45, 7) is 1.67. The minimum absolute atomic E-state index is 0.206. The third kappa shape index (κ3) is 3.14. The zero-order chi connectivity index (χ0) is 19.0. The van der Waals surface area contributed by atoms with Crippen LogP contribution >= 0.6 is 11.3 Å². The number of nitrogens with zero attached hydrogens (tertiary/aromatic N) is 2. The Hall–Kier alpha value is -3.63. The summed E-state index contributed by atoms with van der Waals surface area (Å²) in [7, 11) is 0. The molecule has 0 bridgehead atoms. The molecule has 7 heteroatoms. The number of aromatic carboxylic acids is 1. The fourth-order valence-corrected chi connectivity index (χ4v) is 3.69. The Morgan fingerprint density at radius 3 is 2.67 bits per heavy atom. The molecule has 2 aromatic carbocycles. The molecular formula is C20H13N3O3S. The molecule has 0 amide bonds. The van der Waals surface area contributed by atoms with Crippen LogP contribution < -0.4 is 4.74 Å². The van der Waals surface area contributed by atoms with E-state index in [1.807, 2.05) is 42.5 Å². The average Bonchev–Trinajstić information content (AvgIpc) is 3.25. The molecular weight excluding hydrogens is 362 g/mol. The number of hydrogen-bond acceptors (Lipinski definition) is 5. The molecule has 0 radical (unpaired) electrons. The minimum atomic E-state index is -0.997. The highest BCUT2D eigenvalue weighted by atomic mass is 32.1. The van der Waals surface area contributed by atoms with Crippen LogP contribution in [-0.4, -0.2) is 21.0 Å². The summed E-state index contributed by atoms with van der Waals surface area (Å²) < 4.78 is 5.84. The van der Waals surface area contributed by atoms with E-state index in [2.05, 4.69) is 16.0 Å². The van der Waals surface area contributed by atoms with Crippen molar-refractivity contribution in [2.45, 2.75) is 6.92 Å². The summed E-state index contributed by atoms with van der Waals surface area (Å²) in [6.07, 6.45) is 0. The molecule has 0 saturated carbocycles. The minimum Gasteiger partial charge on any atom is -0.477 e. The monoisotopic (exact) mass is 375 g/mol. The number of ether oxygens (including phenoxy) is 1. The van der Waals surface area contributed by atoms with Gasteiger partial charge in [-0.1, -0.05) is 18.2 Å². The van der Waals surface area contributed by atoms with Crippen LogP contribution in [0.25, 0.3) is 21.6 Å². The molecule has 2 heterocycles. The second-order valence-electron chi connectivity index (χ2n) is 5.88. The highest BCUT2D eigenvalue weighted by Crippen LogP contribution is 2.34. The van der Waals surface area contributed by atoms with Gasteiger partial charge in [-0.2, -0.15) is 5.26 Å². The molecule has 0 aliphatic heterocycles. The Kier molecular flexibility index (Phi) is 4.11. The predicted octanol–water partition coefficient (Wildman–Crippen LogP) is 4.96. The molecule has 0 aliphatic carbocycles. The summed E-state index contributed by atoms with van der Waals surface area (Å²) in [5.41, 5.74) is 2.24. The van der Waals surface area contributed by atoms with Gasteiger partial charge >= 0.3 is 5.97 Å². The molecule has 2 N–H and O–H groups in total. The van der Waals surface area contributed by atoms with E-state index in [1.165, 1.54) is 0 Å². The second kappa shape index (κ2) is 6.59. The lowest BCUT2D eigenvalue weighted by atomic mass is 10.1. The van der Waals surface area contributed by atoms with Crippen LogP contribution in [0.4, 0.5) is 0 Å². The van der Waals surface area contributed by atoms with Crippen molar-refractivity contribution >= 4 is 28.2 Å². The average molecular weight is 375 g/mol. The first-order valence-corrected chi connectivity index (χ1v) is 8.87. The predicted molar refractivity (Wildman–Crippen MR) is 102 cm³/mol. The van der Waals surface area contributed by atoms with E-state index in [4.69, 9.17) is 4.74 Å². The number of nitriles is 1. The number of hydrogen-bond donors (Lipinski definition) is 2. The van der Waals surface area contributed by atoms with Gasteiger partial charge in [0.05, 0.1) is 22.5 Å². The molecule has 0 unspecified atom stereocenters. The Balaban J connectivity index is 1.79. The third-order valence-electron chi connectivity index (χ3n) is 4.02. The molecule has 2 aromatic heterocycles. The Bertz CT molecular complexity index is 1200. The van der Waals surface area contributed by atoms with Crippen molar-refractivity contribution in [1.29, 1.82) is 5.26 Å². The van der Waals surface area contributed by atoms with Crippen molar-refractivity contribution in [2.75, 3.05) is 0 Å². The fraction of sp³-hybridized carbons (Fsp3) is 0.0500. The maximum atomic E-state index is 11.3. The van der Waals surface area contributed by atoms with Gasteiger partial charge in [-0.15, -0.1) is 11.3 Å². The highest BCUT2D eigenvalue weighted by molar-refractivity contribution is 7.17. The van der Waals surface area contributed by atoms with E-state index < -0.39 is 5.97 Å². The van der Waals surface area contributed by atoms with Crippen LogP contribution in [0.5, 0.6) is 11.5 Å². The zero-order valence-corrected chi connectivity index (χ0v) is 15.0. The summed E-state index contributed by atoms with van der Waals surface area (Å²) in [5.74, 6) is 0.235. The van der Waals surface area contributed by atoms with E-state index in [9.17, 15) is 15.2 Å². The number of aromatic nitrogens is 2. The molecule has 27 heavy (non-hydrogen) atoms. The number of fused-ring (bicyclic) bond motifs is 1. The fourth-order valence-electron chi connectivity index (χ4n) is 2.81. The van der Waals surface area contributed by atoms with Gasteiger partial charge in [0.1, 0.15) is 27.5 Å². The van der Waals surface area contributed by atoms with Crippen LogP contribution in [0.15, 0.2) is 48.5 Å². The van der Waals surface area contributed by atoms with Crippen LogP contribution in [0, 0.1) is 18.3 Å². The second-order valence-corrected chi connectivity index (χ2v) is 6.88. The molecule has 0 aliphatic rings. The standard InChI is InChI=1S/C20H13N3O3S/c1-11-18(20(24)25)27-19(22-11)16-9-12-7-15(8-13(10-21)17(12)23-16)26-14-5-3-2-4-6-14/h2-9,23H,1H3,(H,24,25). The molecule has 0 saturated heterocycles. The first-order chi connectivity index (χ1) is 13.0. The van der Waals surface area contributed by atoms with Gasteiger partial charge in [0.15, 0.2) is 0 Å². The first kappa shape index (κ1) is 16.8. The lowest BCUT2D eigenvalue weighted by Gasteiger charge is -2.06. The quantitative estimate of drug-likeness (QED) is 0.525. The van der Waals surface area contributed by atoms with Crippen LogP contribution in [-0.2, 0) is 0 Å². The number of aromatic amines is 1. The molecule has 0 fully saturated rings. The Labute approximate surface area is 158 Å². The van der Waals surface area contributed by atoms with Crippen molar-refractivity contribution < 1.29 is 14.6 Å². The van der Waals surface area contributed by atoms with Gasteiger partial charge < -0.3 is 14.8 Å². The van der Waals surface area contributed by atoms with Crippen molar-refractivity contribution in [3.63, 3.8) is 0 Å². The Morgan fingerprint density at radius 1 is 1.22 bits per heavy atom. The summed E-state index contributed by atoms with van der Waals surface area (Å²) in [4.78, 5) is 19.0. The van der Waals surface area contributed by atoms with Crippen molar-refractivity contribution in [2.24, 2.45) is 0 Å². The zero-order valence-electron chi connectivity index (χ0n) is 14.2. The number of carbonyl (C=O) groups is 1. The number of thiazole rings is 1. The number of para-hydroxylation sites is 1. The number of benzene rings is 2. The SMILES string of the molecule is Cc1nc(-c2cc3cc(Oc4ccccc4)cc(C#N)c3[nH]2)sc1C(=O)O. The molecule has 132 valence electrons. The molecule has 6 nitrogen and oxygen atoms in total. The summed E-state index contributed by atoms with van der Waals surface area (Å²) >= 11 is 1.10. The van der Waals surface area contributed by atoms with E-state index >= 15 is 0 Å². The van der Waals surface area contributed by atoms with Crippen molar-refractivity contribution in [1.82, 2.24) is 9.97 Å². The topological polar surface area (TPSA) is 99.0 Å². The molecule has 4 rings (SSSR count). The van der Waals surface area contributed by atoms with Gasteiger partial charge in [0.25, 0.3) is 0 Å². The lowest BCUT2D eigenvalue weighted by Crippen LogP contribution is -1.94. The molecule has 0 atom stereocenters. The van der Waals surface area contributed by atoms with Crippen LogP contribution in [0.2, 0.25) is 0 Å². The summed E-state index contributed by atoms with van der Waals surface area (Å²) in [5, 5.41) is 20.1. The Morgan fingerprint density at radius 2 is 2.00 bits per heavy atom. The van der Waals surface area contributed by atoms with Gasteiger partial charge in [0.2, 0.25) is 0 Å². The van der Waals surface area contributed by atoms with Gasteiger partial charge in [-0.05, 0) is 31.2 Å². The number of carboxylic acids is 1. The van der Waals surface area contributed by atoms with Gasteiger partial charge in [0, 0.05) is 11.5 Å². The number of H-pyrrole nitrogens is 1. The van der Waals surface area contributed by atoms with E-state index in [0.29, 0.717) is 39.0 Å². The normalized spacial score (nSPS) is 10.7. The number of carboxylic acid groups (broad SMARTS) is 1. The van der Waals surface area contributed by atoms with Gasteiger partial charge in [-0.25, -0.2) is 9.78 Å². The lowest BCUT2D eigenvalue weighted by molar-refractivity contribution is 0.0701. The smallest absolute Gasteiger partial charge is 0.347 e. The van der Waals surface area contributed by atoms with Gasteiger partial charge in [-0.3, -0.25) is 0 Å². The summed E-state index contributed by atoms with van der Waals surface area (Å²) in [6, 6.07) is 16.8.